The van der Waals surface area contributed by atoms with Crippen LogP contribution in [-0.2, 0) is 28.0 Å². The number of unbranched alkanes of at least 4 members (excludes halogenated alkanes) is 1. The SMILES string of the molecule is [C-]#[N+]c1ccc2c3c([nH]c2c1)C(C)(C)c1cc(N2CCC(N4CCN(CCCC#Cc5cccc6c5CN(C5CCC(=O)NC5=O)C6=O)CC4)CC2)c(CC)cc1C3=O. The first-order valence-corrected chi connectivity index (χ1v) is 21.3. The Hall–Kier alpha value is -5.75. The number of piperidine rings is 2. The summed E-state index contributed by atoms with van der Waals surface area (Å²) in [6, 6.07) is 15.6. The lowest BCUT2D eigenvalue weighted by atomic mass is 9.70. The van der Waals surface area contributed by atoms with Gasteiger partial charge in [-0.15, -0.1) is 0 Å². The molecule has 2 N–H and O–H groups in total. The van der Waals surface area contributed by atoms with E-state index in [-0.39, 0.29) is 24.0 Å². The highest BCUT2D eigenvalue weighted by Gasteiger charge is 2.42. The van der Waals surface area contributed by atoms with Crippen molar-refractivity contribution in [2.75, 3.05) is 50.7 Å². The van der Waals surface area contributed by atoms with Crippen LogP contribution >= 0.6 is 0 Å². The molecule has 1 unspecified atom stereocenters. The van der Waals surface area contributed by atoms with Gasteiger partial charge in [-0.2, -0.15) is 0 Å². The van der Waals surface area contributed by atoms with Crippen molar-refractivity contribution >= 4 is 45.8 Å². The molecular weight excluding hydrogens is 739 g/mol. The molecule has 302 valence electrons. The van der Waals surface area contributed by atoms with Gasteiger partial charge in [0.05, 0.1) is 12.1 Å². The molecule has 0 radical (unpaired) electrons. The van der Waals surface area contributed by atoms with Crippen molar-refractivity contribution in [3.63, 3.8) is 0 Å². The fourth-order valence-corrected chi connectivity index (χ4v) is 10.2. The fraction of sp³-hybridized carbons (Fsp3) is 0.438. The number of nitrogens with zero attached hydrogens (tertiary/aromatic N) is 5. The number of benzene rings is 3. The van der Waals surface area contributed by atoms with Gasteiger partial charge in [0.25, 0.3) is 5.91 Å². The summed E-state index contributed by atoms with van der Waals surface area (Å²) in [6.07, 6.45) is 5.44. The molecule has 3 amide bonds. The third-order valence-electron chi connectivity index (χ3n) is 13.6. The lowest BCUT2D eigenvalue weighted by molar-refractivity contribution is -0.136. The van der Waals surface area contributed by atoms with Crippen molar-refractivity contribution in [2.45, 2.75) is 89.8 Å². The lowest BCUT2D eigenvalue weighted by Crippen LogP contribution is -2.53. The summed E-state index contributed by atoms with van der Waals surface area (Å²) in [5, 5.41) is 3.26. The fourth-order valence-electron chi connectivity index (χ4n) is 10.2. The minimum atomic E-state index is -0.627. The minimum Gasteiger partial charge on any atom is -0.371 e. The third-order valence-corrected chi connectivity index (χ3v) is 13.6. The van der Waals surface area contributed by atoms with Crippen molar-refractivity contribution in [1.29, 1.82) is 0 Å². The summed E-state index contributed by atoms with van der Waals surface area (Å²) in [6.45, 7) is 21.7. The monoisotopic (exact) mass is 789 g/mol. The van der Waals surface area contributed by atoms with E-state index in [9.17, 15) is 19.2 Å². The molecule has 1 aliphatic carbocycles. The summed E-state index contributed by atoms with van der Waals surface area (Å²) < 4.78 is 0. The molecule has 11 heteroatoms. The molecule has 4 aliphatic heterocycles. The first kappa shape index (κ1) is 38.8. The Morgan fingerprint density at radius 2 is 1.73 bits per heavy atom. The molecule has 5 aliphatic rings. The van der Waals surface area contributed by atoms with Crippen LogP contribution in [0.2, 0.25) is 0 Å². The number of piperazine rings is 1. The van der Waals surface area contributed by atoms with E-state index in [1.165, 1.54) is 11.3 Å². The Kier molecular flexibility index (Phi) is 10.1. The van der Waals surface area contributed by atoms with Crippen molar-refractivity contribution in [3.05, 3.63) is 105 Å². The summed E-state index contributed by atoms with van der Waals surface area (Å²) in [5.74, 6) is 5.87. The number of fused-ring (bicyclic) bond motifs is 5. The van der Waals surface area contributed by atoms with Gasteiger partial charge in [0, 0.05) is 109 Å². The van der Waals surface area contributed by atoms with E-state index in [1.54, 1.807) is 17.0 Å². The second-order valence-electron chi connectivity index (χ2n) is 17.3. The van der Waals surface area contributed by atoms with Gasteiger partial charge in [-0.3, -0.25) is 29.4 Å². The van der Waals surface area contributed by atoms with Crippen LogP contribution in [0.4, 0.5) is 11.4 Å². The number of anilines is 1. The predicted molar refractivity (Wildman–Crippen MR) is 228 cm³/mol. The van der Waals surface area contributed by atoms with Gasteiger partial charge >= 0.3 is 0 Å². The van der Waals surface area contributed by atoms with E-state index in [1.807, 2.05) is 24.3 Å². The Morgan fingerprint density at radius 1 is 0.932 bits per heavy atom. The zero-order valence-corrected chi connectivity index (χ0v) is 34.2. The Bertz CT molecular complexity index is 2500. The standard InChI is InChI=1S/C48H51N7O4/c1-5-30-26-36-38(48(2,3)45-43(44(36)57)35-14-13-32(49-4)27-39(35)50-45)28-41(30)54-20-17-33(18-21-54)53-24-22-52(23-25-53)19-8-6-7-10-31-11-9-12-34-37(31)29-55(47(34)59)40-15-16-42(56)51-46(40)58/h9,11-14,26-28,33,40,50H,5-6,8,15-25,29H2,1-3H3,(H,51,56,58). The molecule has 3 saturated heterocycles. The number of aryl methyl sites for hydroxylation is 1. The average molecular weight is 790 g/mol. The Morgan fingerprint density at radius 3 is 2.47 bits per heavy atom. The number of H-pyrrole nitrogens is 1. The number of carbonyl (C=O) groups is 4. The van der Waals surface area contributed by atoms with Gasteiger partial charge in [-0.1, -0.05) is 50.8 Å². The minimum absolute atomic E-state index is 0.0681. The molecule has 1 atom stereocenters. The number of hydrogen-bond donors (Lipinski definition) is 2. The Balaban J connectivity index is 0.773. The van der Waals surface area contributed by atoms with Crippen molar-refractivity contribution < 1.29 is 19.2 Å². The highest BCUT2D eigenvalue weighted by molar-refractivity contribution is 6.20. The molecule has 59 heavy (non-hydrogen) atoms. The van der Waals surface area contributed by atoms with E-state index in [0.29, 0.717) is 30.3 Å². The van der Waals surface area contributed by atoms with Crippen molar-refractivity contribution in [1.82, 2.24) is 25.0 Å². The maximum Gasteiger partial charge on any atom is 0.255 e. The second kappa shape index (κ2) is 15.4. The molecule has 11 nitrogen and oxygen atoms in total. The van der Waals surface area contributed by atoms with Gasteiger partial charge in [0.15, 0.2) is 11.5 Å². The maximum atomic E-state index is 14.1. The number of hydrogen-bond acceptors (Lipinski definition) is 7. The topological polar surface area (TPSA) is 113 Å². The molecule has 0 bridgehead atoms. The Labute approximate surface area is 345 Å². The normalized spacial score (nSPS) is 20.8. The van der Waals surface area contributed by atoms with Crippen molar-refractivity contribution in [2.24, 2.45) is 0 Å². The first-order valence-electron chi connectivity index (χ1n) is 21.3. The quantitative estimate of drug-likeness (QED) is 0.0975. The number of aromatic nitrogens is 1. The maximum absolute atomic E-state index is 14.1. The largest absolute Gasteiger partial charge is 0.371 e. The van der Waals surface area contributed by atoms with E-state index < -0.39 is 17.4 Å². The molecule has 0 saturated carbocycles. The molecule has 0 spiro atoms. The van der Waals surface area contributed by atoms with Gasteiger partial charge < -0.3 is 19.7 Å². The van der Waals surface area contributed by atoms with Crippen LogP contribution in [-0.4, -0.2) is 101 Å². The number of nitrogens with one attached hydrogen (secondary N) is 2. The molecule has 4 aromatic rings. The number of carbonyl (C=O) groups excluding carboxylic acids is 4. The van der Waals surface area contributed by atoms with Crippen molar-refractivity contribution in [3.8, 4) is 11.8 Å². The van der Waals surface area contributed by atoms with E-state index in [2.05, 4.69) is 74.6 Å². The number of rotatable bonds is 7. The zero-order valence-electron chi connectivity index (χ0n) is 34.2. The third kappa shape index (κ3) is 6.90. The van der Waals surface area contributed by atoms with Gasteiger partial charge in [0.1, 0.15) is 6.04 Å². The number of amides is 3. The predicted octanol–water partition coefficient (Wildman–Crippen LogP) is 6.33. The van der Waals surface area contributed by atoms with Gasteiger partial charge in [-0.25, -0.2) is 4.85 Å². The lowest BCUT2D eigenvalue weighted by Gasteiger charge is -2.44. The second-order valence-corrected chi connectivity index (χ2v) is 17.3. The summed E-state index contributed by atoms with van der Waals surface area (Å²) in [4.78, 5) is 67.9. The van der Waals surface area contributed by atoms with Crippen LogP contribution in [0.25, 0.3) is 15.7 Å². The van der Waals surface area contributed by atoms with E-state index in [4.69, 9.17) is 6.57 Å². The van der Waals surface area contributed by atoms with Crippen LogP contribution in [0.15, 0.2) is 48.5 Å². The number of ketones is 1. The highest BCUT2D eigenvalue weighted by Crippen LogP contribution is 2.46. The number of imide groups is 1. The summed E-state index contributed by atoms with van der Waals surface area (Å²) in [7, 11) is 0. The van der Waals surface area contributed by atoms with E-state index in [0.717, 1.165) is 122 Å². The summed E-state index contributed by atoms with van der Waals surface area (Å²) in [5.41, 5.74) is 9.35. The first-order chi connectivity index (χ1) is 28.5. The molecule has 9 rings (SSSR count). The van der Waals surface area contributed by atoms with Crippen LogP contribution in [0.1, 0.15) is 114 Å². The number of aromatic amines is 1. The molecule has 5 heterocycles. The highest BCUT2D eigenvalue weighted by atomic mass is 16.2. The van der Waals surface area contributed by atoms with E-state index >= 15 is 0 Å². The molecule has 3 fully saturated rings. The van der Waals surface area contributed by atoms with Crippen LogP contribution in [0, 0.1) is 18.4 Å². The van der Waals surface area contributed by atoms with Gasteiger partial charge in [-0.05, 0) is 85.7 Å². The smallest absolute Gasteiger partial charge is 0.255 e. The van der Waals surface area contributed by atoms with Crippen LogP contribution < -0.4 is 10.2 Å². The molecule has 1 aromatic heterocycles. The summed E-state index contributed by atoms with van der Waals surface area (Å²) >= 11 is 0. The van der Waals surface area contributed by atoms with Crippen LogP contribution in [0.3, 0.4) is 0 Å². The van der Waals surface area contributed by atoms with Gasteiger partial charge in [0.2, 0.25) is 11.8 Å². The molecule has 3 aromatic carbocycles. The molecular formula is C48H51N7O4. The zero-order chi connectivity index (χ0) is 41.0. The van der Waals surface area contributed by atoms with Crippen LogP contribution in [0.5, 0.6) is 0 Å². The average Bonchev–Trinajstić information content (AvgIpc) is 3.81.